The first-order chi connectivity index (χ1) is 12.2. The second-order valence-corrected chi connectivity index (χ2v) is 8.37. The van der Waals surface area contributed by atoms with Gasteiger partial charge in [-0.25, -0.2) is 9.37 Å². The van der Waals surface area contributed by atoms with E-state index < -0.39 is 0 Å². The van der Waals surface area contributed by atoms with Gasteiger partial charge in [-0.3, -0.25) is 4.90 Å². The lowest BCUT2D eigenvalue weighted by atomic mass is 9.76. The SMILES string of the molecule is CO[C@@H]1CCC[C@]12CCCN(Cc1nc(-c3ccc(F)cc3)cs1)C2. The molecule has 4 rings (SSSR count). The Labute approximate surface area is 152 Å². The molecule has 0 unspecified atom stereocenters. The first-order valence-corrected chi connectivity index (χ1v) is 10.0. The fourth-order valence-corrected chi connectivity index (χ4v) is 5.51. The van der Waals surface area contributed by atoms with E-state index in [1.807, 2.05) is 7.11 Å². The van der Waals surface area contributed by atoms with Gasteiger partial charge in [0.2, 0.25) is 0 Å². The minimum atomic E-state index is -0.206. The molecule has 134 valence electrons. The van der Waals surface area contributed by atoms with E-state index in [1.54, 1.807) is 23.5 Å². The van der Waals surface area contributed by atoms with E-state index in [0.717, 1.165) is 35.9 Å². The Kier molecular flexibility index (Phi) is 4.89. The fraction of sp³-hybridized carbons (Fsp3) is 0.550. The monoisotopic (exact) mass is 360 g/mol. The van der Waals surface area contributed by atoms with E-state index in [2.05, 4.69) is 10.3 Å². The maximum absolute atomic E-state index is 13.1. The molecule has 0 bridgehead atoms. The van der Waals surface area contributed by atoms with Gasteiger partial charge in [0.05, 0.1) is 18.3 Å². The van der Waals surface area contributed by atoms with Crippen LogP contribution in [0, 0.1) is 11.2 Å². The van der Waals surface area contributed by atoms with Crippen LogP contribution in [0.4, 0.5) is 4.39 Å². The van der Waals surface area contributed by atoms with Crippen molar-refractivity contribution in [2.24, 2.45) is 5.41 Å². The van der Waals surface area contributed by atoms with Gasteiger partial charge in [-0.1, -0.05) is 6.42 Å². The number of hydrogen-bond donors (Lipinski definition) is 0. The Morgan fingerprint density at radius 1 is 1.28 bits per heavy atom. The second kappa shape index (κ2) is 7.14. The third kappa shape index (κ3) is 3.50. The average Bonchev–Trinajstić information content (AvgIpc) is 3.23. The number of nitrogens with zero attached hydrogens (tertiary/aromatic N) is 2. The number of rotatable bonds is 4. The molecule has 3 nitrogen and oxygen atoms in total. The largest absolute Gasteiger partial charge is 0.381 e. The topological polar surface area (TPSA) is 25.4 Å². The van der Waals surface area contributed by atoms with Crippen LogP contribution in [0.15, 0.2) is 29.6 Å². The van der Waals surface area contributed by atoms with Crippen molar-refractivity contribution in [1.82, 2.24) is 9.88 Å². The zero-order valence-electron chi connectivity index (χ0n) is 14.7. The molecule has 2 fully saturated rings. The molecule has 0 N–H and O–H groups in total. The maximum Gasteiger partial charge on any atom is 0.123 e. The summed E-state index contributed by atoms with van der Waals surface area (Å²) in [7, 11) is 1.87. The summed E-state index contributed by atoms with van der Waals surface area (Å²) < 4.78 is 18.9. The van der Waals surface area contributed by atoms with Crippen LogP contribution in [-0.2, 0) is 11.3 Å². The summed E-state index contributed by atoms with van der Waals surface area (Å²) in [4.78, 5) is 7.33. The van der Waals surface area contributed by atoms with Crippen molar-refractivity contribution in [3.05, 3.63) is 40.5 Å². The van der Waals surface area contributed by atoms with Crippen LogP contribution in [0.25, 0.3) is 11.3 Å². The van der Waals surface area contributed by atoms with Crippen LogP contribution in [0.3, 0.4) is 0 Å². The average molecular weight is 360 g/mol. The van der Waals surface area contributed by atoms with Crippen LogP contribution >= 0.6 is 11.3 Å². The minimum Gasteiger partial charge on any atom is -0.381 e. The van der Waals surface area contributed by atoms with Gasteiger partial charge in [0.25, 0.3) is 0 Å². The van der Waals surface area contributed by atoms with E-state index >= 15 is 0 Å². The maximum atomic E-state index is 13.1. The third-order valence-electron chi connectivity index (χ3n) is 5.85. The van der Waals surface area contributed by atoms with Gasteiger partial charge in [0.1, 0.15) is 10.8 Å². The van der Waals surface area contributed by atoms with E-state index in [1.165, 1.54) is 44.2 Å². The van der Waals surface area contributed by atoms with Gasteiger partial charge < -0.3 is 4.74 Å². The molecular formula is C20H25FN2OS. The van der Waals surface area contributed by atoms with Crippen molar-refractivity contribution < 1.29 is 9.13 Å². The van der Waals surface area contributed by atoms with Crippen LogP contribution in [0.5, 0.6) is 0 Å². The van der Waals surface area contributed by atoms with Crippen molar-refractivity contribution >= 4 is 11.3 Å². The van der Waals surface area contributed by atoms with E-state index in [-0.39, 0.29) is 5.82 Å². The quantitative estimate of drug-likeness (QED) is 0.788. The zero-order chi connectivity index (χ0) is 17.3. The lowest BCUT2D eigenvalue weighted by Gasteiger charge is -2.43. The summed E-state index contributed by atoms with van der Waals surface area (Å²) in [5, 5.41) is 3.22. The highest BCUT2D eigenvalue weighted by Gasteiger charge is 2.45. The summed E-state index contributed by atoms with van der Waals surface area (Å²) in [6, 6.07) is 6.58. The number of thiazole rings is 1. The Hall–Kier alpha value is -1.30. The summed E-state index contributed by atoms with van der Waals surface area (Å²) in [5.41, 5.74) is 2.28. The number of likely N-dealkylation sites (tertiary alicyclic amines) is 1. The normalized spacial score (nSPS) is 27.2. The molecular weight excluding hydrogens is 335 g/mol. The molecule has 1 aliphatic carbocycles. The highest BCUT2D eigenvalue weighted by molar-refractivity contribution is 7.09. The summed E-state index contributed by atoms with van der Waals surface area (Å²) in [6.07, 6.45) is 6.74. The van der Waals surface area contributed by atoms with Crippen molar-refractivity contribution in [2.45, 2.75) is 44.8 Å². The first kappa shape index (κ1) is 17.1. The molecule has 1 aliphatic heterocycles. The standard InChI is InChI=1S/C20H25FN2OS/c1-24-18-4-2-9-20(18)10-3-11-23(14-20)12-19-22-17(13-25-19)15-5-7-16(21)8-6-15/h5-8,13,18H,2-4,9-12,14H2,1H3/t18-,20-/m1/s1. The fourth-order valence-electron chi connectivity index (χ4n) is 4.66. The molecule has 2 heterocycles. The lowest BCUT2D eigenvalue weighted by molar-refractivity contribution is -0.0366. The van der Waals surface area contributed by atoms with Gasteiger partial charge in [-0.15, -0.1) is 11.3 Å². The molecule has 1 saturated carbocycles. The van der Waals surface area contributed by atoms with E-state index in [4.69, 9.17) is 9.72 Å². The molecule has 1 aromatic heterocycles. The number of ether oxygens (including phenoxy) is 1. The van der Waals surface area contributed by atoms with Crippen molar-refractivity contribution in [1.29, 1.82) is 0 Å². The van der Waals surface area contributed by atoms with Crippen LogP contribution in [-0.4, -0.2) is 36.2 Å². The van der Waals surface area contributed by atoms with Gasteiger partial charge in [0, 0.05) is 30.0 Å². The molecule has 2 aliphatic rings. The molecule has 5 heteroatoms. The Morgan fingerprint density at radius 3 is 2.88 bits per heavy atom. The Balaban J connectivity index is 1.45. The molecule has 2 atom stereocenters. The summed E-state index contributed by atoms with van der Waals surface area (Å²) >= 11 is 1.70. The van der Waals surface area contributed by atoms with E-state index in [9.17, 15) is 4.39 Å². The predicted molar refractivity (Wildman–Crippen MR) is 99.1 cm³/mol. The molecule has 1 saturated heterocycles. The van der Waals surface area contributed by atoms with Crippen molar-refractivity contribution in [3.8, 4) is 11.3 Å². The first-order valence-electron chi connectivity index (χ1n) is 9.14. The number of methoxy groups -OCH3 is 1. The van der Waals surface area contributed by atoms with Gasteiger partial charge in [-0.05, 0) is 56.5 Å². The summed E-state index contributed by atoms with van der Waals surface area (Å²) in [5.74, 6) is -0.206. The Morgan fingerprint density at radius 2 is 2.08 bits per heavy atom. The van der Waals surface area contributed by atoms with Crippen LogP contribution in [0.1, 0.15) is 37.1 Å². The van der Waals surface area contributed by atoms with Crippen molar-refractivity contribution in [3.63, 3.8) is 0 Å². The Bertz CT molecular complexity index is 717. The lowest BCUT2D eigenvalue weighted by Crippen LogP contribution is -2.47. The number of benzene rings is 1. The van der Waals surface area contributed by atoms with E-state index in [0.29, 0.717) is 11.5 Å². The van der Waals surface area contributed by atoms with Crippen LogP contribution < -0.4 is 0 Å². The second-order valence-electron chi connectivity index (χ2n) is 7.43. The smallest absolute Gasteiger partial charge is 0.123 e. The van der Waals surface area contributed by atoms with Gasteiger partial charge in [-0.2, -0.15) is 0 Å². The molecule has 0 radical (unpaired) electrons. The van der Waals surface area contributed by atoms with Crippen LogP contribution in [0.2, 0.25) is 0 Å². The highest BCUT2D eigenvalue weighted by Crippen LogP contribution is 2.46. The summed E-state index contributed by atoms with van der Waals surface area (Å²) in [6.45, 7) is 3.17. The van der Waals surface area contributed by atoms with Gasteiger partial charge in [0.15, 0.2) is 0 Å². The molecule has 0 amide bonds. The number of piperidine rings is 1. The zero-order valence-corrected chi connectivity index (χ0v) is 15.5. The van der Waals surface area contributed by atoms with Crippen molar-refractivity contribution in [2.75, 3.05) is 20.2 Å². The number of hydrogen-bond acceptors (Lipinski definition) is 4. The predicted octanol–water partition coefficient (Wildman–Crippen LogP) is 4.73. The molecule has 1 aromatic carbocycles. The molecule has 1 spiro atoms. The highest BCUT2D eigenvalue weighted by atomic mass is 32.1. The third-order valence-corrected chi connectivity index (χ3v) is 6.68. The number of aromatic nitrogens is 1. The van der Waals surface area contributed by atoms with Gasteiger partial charge >= 0.3 is 0 Å². The number of halogens is 1. The minimum absolute atomic E-state index is 0.206. The molecule has 25 heavy (non-hydrogen) atoms. The molecule has 2 aromatic rings.